The summed E-state index contributed by atoms with van der Waals surface area (Å²) < 4.78 is 10.4. The van der Waals surface area contributed by atoms with Crippen molar-refractivity contribution in [2.24, 2.45) is 0 Å². The molecule has 0 saturated carbocycles. The molecule has 0 bridgehead atoms. The van der Waals surface area contributed by atoms with Crippen LogP contribution in [0, 0.1) is 6.92 Å². The fourth-order valence-corrected chi connectivity index (χ4v) is 2.06. The molecule has 0 fully saturated rings. The Morgan fingerprint density at radius 1 is 1.05 bits per heavy atom. The van der Waals surface area contributed by atoms with E-state index in [-0.39, 0.29) is 5.91 Å². The van der Waals surface area contributed by atoms with Gasteiger partial charge in [0, 0.05) is 12.1 Å². The van der Waals surface area contributed by atoms with Gasteiger partial charge >= 0.3 is 0 Å². The Labute approximate surface area is 124 Å². The van der Waals surface area contributed by atoms with Crippen molar-refractivity contribution < 1.29 is 14.3 Å². The lowest BCUT2D eigenvalue weighted by Gasteiger charge is -2.10. The number of carbonyl (C=O) groups is 1. The van der Waals surface area contributed by atoms with Crippen molar-refractivity contribution in [2.45, 2.75) is 13.5 Å². The molecule has 0 aliphatic rings. The van der Waals surface area contributed by atoms with E-state index >= 15 is 0 Å². The van der Waals surface area contributed by atoms with E-state index in [4.69, 9.17) is 9.47 Å². The summed E-state index contributed by atoms with van der Waals surface area (Å²) >= 11 is 0. The molecule has 0 aromatic heterocycles. The minimum Gasteiger partial charge on any atom is -0.493 e. The van der Waals surface area contributed by atoms with Gasteiger partial charge in [-0.2, -0.15) is 0 Å². The van der Waals surface area contributed by atoms with Gasteiger partial charge in [-0.15, -0.1) is 0 Å². The van der Waals surface area contributed by atoms with Crippen molar-refractivity contribution in [1.29, 1.82) is 0 Å². The summed E-state index contributed by atoms with van der Waals surface area (Å²) in [5, 5.41) is 2.90. The zero-order chi connectivity index (χ0) is 15.2. The molecule has 0 heterocycles. The van der Waals surface area contributed by atoms with Crippen LogP contribution >= 0.6 is 0 Å². The Bertz CT molecular complexity index is 638. The van der Waals surface area contributed by atoms with E-state index in [1.165, 1.54) is 0 Å². The van der Waals surface area contributed by atoms with E-state index in [0.29, 0.717) is 23.6 Å². The Morgan fingerprint density at radius 2 is 1.81 bits per heavy atom. The molecule has 0 radical (unpaired) electrons. The molecule has 21 heavy (non-hydrogen) atoms. The van der Waals surface area contributed by atoms with Crippen LogP contribution in [0.15, 0.2) is 42.5 Å². The highest BCUT2D eigenvalue weighted by atomic mass is 16.5. The first-order valence-electron chi connectivity index (χ1n) is 6.70. The van der Waals surface area contributed by atoms with Crippen LogP contribution in [0.25, 0.3) is 0 Å². The highest BCUT2D eigenvalue weighted by molar-refractivity contribution is 5.94. The highest BCUT2D eigenvalue weighted by Crippen LogP contribution is 2.27. The van der Waals surface area contributed by atoms with Crippen LogP contribution in [0.4, 0.5) is 0 Å². The number of rotatable bonds is 5. The molecule has 4 nitrogen and oxygen atoms in total. The van der Waals surface area contributed by atoms with Gasteiger partial charge in [0.1, 0.15) is 0 Å². The van der Waals surface area contributed by atoms with E-state index in [2.05, 4.69) is 5.32 Å². The van der Waals surface area contributed by atoms with Gasteiger partial charge in [-0.1, -0.05) is 23.8 Å². The van der Waals surface area contributed by atoms with Gasteiger partial charge in [0.2, 0.25) is 0 Å². The third-order valence-electron chi connectivity index (χ3n) is 3.18. The number of benzene rings is 2. The van der Waals surface area contributed by atoms with Crippen LogP contribution in [0.1, 0.15) is 21.5 Å². The highest BCUT2D eigenvalue weighted by Gasteiger charge is 2.07. The minimum absolute atomic E-state index is 0.0894. The Hall–Kier alpha value is -2.49. The third-order valence-corrected chi connectivity index (χ3v) is 3.18. The van der Waals surface area contributed by atoms with Crippen LogP contribution in [0.3, 0.4) is 0 Å². The molecule has 2 aromatic carbocycles. The predicted octanol–water partition coefficient (Wildman–Crippen LogP) is 2.94. The summed E-state index contributed by atoms with van der Waals surface area (Å²) in [4.78, 5) is 12.1. The fourth-order valence-electron chi connectivity index (χ4n) is 2.06. The quantitative estimate of drug-likeness (QED) is 0.918. The number of ether oxygens (including phenoxy) is 2. The molecule has 4 heteroatoms. The predicted molar refractivity (Wildman–Crippen MR) is 81.9 cm³/mol. The lowest BCUT2D eigenvalue weighted by atomic mass is 10.1. The van der Waals surface area contributed by atoms with Gasteiger partial charge in [-0.05, 0) is 36.8 Å². The number of amides is 1. The van der Waals surface area contributed by atoms with E-state index in [0.717, 1.165) is 11.1 Å². The summed E-state index contributed by atoms with van der Waals surface area (Å²) in [7, 11) is 3.18. The number of hydrogen-bond donors (Lipinski definition) is 1. The van der Waals surface area contributed by atoms with Gasteiger partial charge in [0.05, 0.1) is 14.2 Å². The normalized spacial score (nSPS) is 10.0. The lowest BCUT2D eigenvalue weighted by Crippen LogP contribution is -2.22. The first-order valence-corrected chi connectivity index (χ1v) is 6.70. The molecule has 110 valence electrons. The summed E-state index contributed by atoms with van der Waals surface area (Å²) in [6, 6.07) is 13.1. The molecule has 2 rings (SSSR count). The molecule has 2 aromatic rings. The van der Waals surface area contributed by atoms with E-state index in [9.17, 15) is 4.79 Å². The zero-order valence-corrected chi connectivity index (χ0v) is 12.5. The van der Waals surface area contributed by atoms with Crippen molar-refractivity contribution in [2.75, 3.05) is 14.2 Å². The van der Waals surface area contributed by atoms with E-state index < -0.39 is 0 Å². The minimum atomic E-state index is -0.0894. The average Bonchev–Trinajstić information content (AvgIpc) is 2.52. The van der Waals surface area contributed by atoms with Crippen LogP contribution in [0.2, 0.25) is 0 Å². The Balaban J connectivity index is 2.04. The molecule has 0 spiro atoms. The van der Waals surface area contributed by atoms with Gasteiger partial charge in [0.15, 0.2) is 11.5 Å². The van der Waals surface area contributed by atoms with Crippen molar-refractivity contribution in [3.05, 3.63) is 59.2 Å². The number of methoxy groups -OCH3 is 2. The zero-order valence-electron chi connectivity index (χ0n) is 12.5. The fraction of sp³-hybridized carbons (Fsp3) is 0.235. The lowest BCUT2D eigenvalue weighted by molar-refractivity contribution is 0.0951. The first-order chi connectivity index (χ1) is 10.1. The van der Waals surface area contributed by atoms with Gasteiger partial charge < -0.3 is 14.8 Å². The monoisotopic (exact) mass is 285 g/mol. The second kappa shape index (κ2) is 6.79. The number of carbonyl (C=O) groups excluding carboxylic acids is 1. The summed E-state index contributed by atoms with van der Waals surface area (Å²) in [5.74, 6) is 1.24. The van der Waals surface area contributed by atoms with Gasteiger partial charge in [-0.25, -0.2) is 0 Å². The van der Waals surface area contributed by atoms with Gasteiger partial charge in [0.25, 0.3) is 5.91 Å². The third kappa shape index (κ3) is 3.75. The summed E-state index contributed by atoms with van der Waals surface area (Å²) in [5.41, 5.74) is 2.68. The van der Waals surface area contributed by atoms with Crippen LogP contribution in [-0.2, 0) is 6.54 Å². The molecular formula is C17H19NO3. The smallest absolute Gasteiger partial charge is 0.251 e. The van der Waals surface area contributed by atoms with E-state index in [1.807, 2.05) is 43.3 Å². The van der Waals surface area contributed by atoms with Crippen molar-refractivity contribution in [1.82, 2.24) is 5.32 Å². The van der Waals surface area contributed by atoms with Crippen molar-refractivity contribution in [3.63, 3.8) is 0 Å². The molecule has 0 aliphatic heterocycles. The topological polar surface area (TPSA) is 47.6 Å². The number of nitrogens with one attached hydrogen (secondary N) is 1. The molecule has 0 unspecified atom stereocenters. The maximum Gasteiger partial charge on any atom is 0.251 e. The molecule has 0 aliphatic carbocycles. The second-order valence-corrected chi connectivity index (χ2v) is 4.74. The maximum atomic E-state index is 12.1. The molecule has 0 saturated heterocycles. The average molecular weight is 285 g/mol. The second-order valence-electron chi connectivity index (χ2n) is 4.74. The van der Waals surface area contributed by atoms with E-state index in [1.54, 1.807) is 20.3 Å². The van der Waals surface area contributed by atoms with Crippen LogP contribution in [-0.4, -0.2) is 20.1 Å². The standard InChI is InChI=1S/C17H19NO3/c1-12-5-4-6-14(9-12)17(19)18-11-13-7-8-15(20-2)16(10-13)21-3/h4-10H,11H2,1-3H3,(H,18,19). The molecule has 1 amide bonds. The maximum absolute atomic E-state index is 12.1. The molecule has 0 atom stereocenters. The summed E-state index contributed by atoms with van der Waals surface area (Å²) in [6.07, 6.45) is 0. The van der Waals surface area contributed by atoms with Gasteiger partial charge in [-0.3, -0.25) is 4.79 Å². The van der Waals surface area contributed by atoms with Crippen LogP contribution < -0.4 is 14.8 Å². The number of aryl methyl sites for hydroxylation is 1. The summed E-state index contributed by atoms with van der Waals surface area (Å²) in [6.45, 7) is 2.40. The Morgan fingerprint density at radius 3 is 2.48 bits per heavy atom. The van der Waals surface area contributed by atoms with Crippen molar-refractivity contribution >= 4 is 5.91 Å². The Kier molecular flexibility index (Phi) is 4.82. The molecular weight excluding hydrogens is 266 g/mol. The SMILES string of the molecule is COc1ccc(CNC(=O)c2cccc(C)c2)cc1OC. The largest absolute Gasteiger partial charge is 0.493 e. The van der Waals surface area contributed by atoms with Crippen molar-refractivity contribution in [3.8, 4) is 11.5 Å². The molecule has 1 N–H and O–H groups in total. The number of hydrogen-bond acceptors (Lipinski definition) is 3. The van der Waals surface area contributed by atoms with Crippen LogP contribution in [0.5, 0.6) is 11.5 Å². The first kappa shape index (κ1) is 14.9.